The Morgan fingerprint density at radius 2 is 2.00 bits per heavy atom. The highest BCUT2D eigenvalue weighted by Gasteiger charge is 2.11. The summed E-state index contributed by atoms with van der Waals surface area (Å²) in [7, 11) is 0. The number of halogens is 2. The van der Waals surface area contributed by atoms with E-state index in [0.29, 0.717) is 6.04 Å². The van der Waals surface area contributed by atoms with Gasteiger partial charge in [0.25, 0.3) is 0 Å². The summed E-state index contributed by atoms with van der Waals surface area (Å²) < 4.78 is 2.29. The van der Waals surface area contributed by atoms with E-state index >= 15 is 0 Å². The molecule has 0 amide bonds. The summed E-state index contributed by atoms with van der Waals surface area (Å²) in [5.74, 6) is 0. The van der Waals surface area contributed by atoms with Gasteiger partial charge in [0.1, 0.15) is 0 Å². The van der Waals surface area contributed by atoms with Crippen LogP contribution in [0.2, 0.25) is 0 Å². The summed E-state index contributed by atoms with van der Waals surface area (Å²) >= 11 is 5.81. The molecule has 1 aromatic heterocycles. The van der Waals surface area contributed by atoms with Crippen LogP contribution in [0.5, 0.6) is 0 Å². The topological polar surface area (TPSA) is 24.9 Å². The molecule has 1 N–H and O–H groups in total. The van der Waals surface area contributed by atoms with Crippen molar-refractivity contribution in [3.05, 3.63) is 61.9 Å². The highest BCUT2D eigenvalue weighted by atomic mass is 127. The molecule has 1 atom stereocenters. The van der Waals surface area contributed by atoms with E-state index in [-0.39, 0.29) is 0 Å². The van der Waals surface area contributed by atoms with Crippen LogP contribution in [0.3, 0.4) is 0 Å². The molecule has 1 aromatic carbocycles. The standard InChI is InChI=1S/C15H16BrIN2/c1-2-19-15(12-3-5-14(17)6-4-12)8-11-7-13(16)10-18-9-11/h3-7,9-10,15,19H,2,8H2,1H3. The lowest BCUT2D eigenvalue weighted by Gasteiger charge is -2.18. The molecule has 1 unspecified atom stereocenters. The van der Waals surface area contributed by atoms with Crippen LogP contribution in [0.4, 0.5) is 0 Å². The first-order valence-corrected chi connectivity index (χ1v) is 8.14. The predicted molar refractivity (Wildman–Crippen MR) is 91.2 cm³/mol. The van der Waals surface area contributed by atoms with Crippen molar-refractivity contribution in [2.75, 3.05) is 6.54 Å². The highest BCUT2D eigenvalue weighted by molar-refractivity contribution is 14.1. The lowest BCUT2D eigenvalue weighted by atomic mass is 10.00. The summed E-state index contributed by atoms with van der Waals surface area (Å²) in [4.78, 5) is 4.23. The van der Waals surface area contributed by atoms with Gasteiger partial charge in [-0.1, -0.05) is 19.1 Å². The first-order chi connectivity index (χ1) is 9.19. The van der Waals surface area contributed by atoms with E-state index in [0.717, 1.165) is 17.4 Å². The van der Waals surface area contributed by atoms with Gasteiger partial charge in [0.15, 0.2) is 0 Å². The lowest BCUT2D eigenvalue weighted by Crippen LogP contribution is -2.23. The monoisotopic (exact) mass is 430 g/mol. The van der Waals surface area contributed by atoms with Gasteiger partial charge in [-0.3, -0.25) is 4.98 Å². The minimum absolute atomic E-state index is 0.332. The maximum Gasteiger partial charge on any atom is 0.0410 e. The molecule has 100 valence electrons. The van der Waals surface area contributed by atoms with Gasteiger partial charge in [0, 0.05) is 26.5 Å². The molecule has 0 bridgehead atoms. The lowest BCUT2D eigenvalue weighted by molar-refractivity contribution is 0.549. The maximum atomic E-state index is 4.23. The second-order valence-corrected chi connectivity index (χ2v) is 6.54. The zero-order valence-electron chi connectivity index (χ0n) is 10.7. The van der Waals surface area contributed by atoms with Crippen LogP contribution < -0.4 is 5.32 Å². The minimum Gasteiger partial charge on any atom is -0.310 e. The fraction of sp³-hybridized carbons (Fsp3) is 0.267. The molecule has 0 saturated carbocycles. The van der Waals surface area contributed by atoms with Crippen molar-refractivity contribution >= 4 is 38.5 Å². The third-order valence-corrected chi connectivity index (χ3v) is 4.08. The Labute approximate surface area is 136 Å². The summed E-state index contributed by atoms with van der Waals surface area (Å²) in [6.45, 7) is 3.09. The Balaban J connectivity index is 2.18. The molecular weight excluding hydrogens is 415 g/mol. The molecule has 2 aromatic rings. The van der Waals surface area contributed by atoms with Gasteiger partial charge in [0.05, 0.1) is 0 Å². The molecule has 2 rings (SSSR count). The van der Waals surface area contributed by atoms with Crippen molar-refractivity contribution in [2.24, 2.45) is 0 Å². The zero-order valence-corrected chi connectivity index (χ0v) is 14.5. The maximum absolute atomic E-state index is 4.23. The summed E-state index contributed by atoms with van der Waals surface area (Å²) in [5.41, 5.74) is 2.56. The molecule has 0 saturated heterocycles. The second-order valence-electron chi connectivity index (χ2n) is 4.38. The molecule has 19 heavy (non-hydrogen) atoms. The summed E-state index contributed by atoms with van der Waals surface area (Å²) in [6, 6.07) is 11.2. The fourth-order valence-corrected chi connectivity index (χ4v) is 2.82. The van der Waals surface area contributed by atoms with Gasteiger partial charge in [-0.2, -0.15) is 0 Å². The number of nitrogens with one attached hydrogen (secondary N) is 1. The number of aromatic nitrogens is 1. The van der Waals surface area contributed by atoms with Gasteiger partial charge in [-0.05, 0) is 80.8 Å². The van der Waals surface area contributed by atoms with Crippen molar-refractivity contribution in [2.45, 2.75) is 19.4 Å². The van der Waals surface area contributed by atoms with Crippen LogP contribution in [0.1, 0.15) is 24.1 Å². The van der Waals surface area contributed by atoms with Gasteiger partial charge in [0.2, 0.25) is 0 Å². The van der Waals surface area contributed by atoms with Crippen molar-refractivity contribution in [3.63, 3.8) is 0 Å². The number of rotatable bonds is 5. The predicted octanol–water partition coefficient (Wildman–Crippen LogP) is 4.34. The van der Waals surface area contributed by atoms with Crippen molar-refractivity contribution < 1.29 is 0 Å². The second kappa shape index (κ2) is 7.36. The Hall–Kier alpha value is -0.460. The summed E-state index contributed by atoms with van der Waals surface area (Å²) in [5, 5.41) is 3.54. The van der Waals surface area contributed by atoms with E-state index in [4.69, 9.17) is 0 Å². The van der Waals surface area contributed by atoms with Crippen molar-refractivity contribution in [1.82, 2.24) is 10.3 Å². The van der Waals surface area contributed by atoms with Crippen LogP contribution in [-0.4, -0.2) is 11.5 Å². The van der Waals surface area contributed by atoms with Gasteiger partial charge >= 0.3 is 0 Å². The normalized spacial score (nSPS) is 12.4. The smallest absolute Gasteiger partial charge is 0.0410 e. The largest absolute Gasteiger partial charge is 0.310 e. The van der Waals surface area contributed by atoms with Gasteiger partial charge < -0.3 is 5.32 Å². The first kappa shape index (κ1) is 14.9. The molecule has 4 heteroatoms. The minimum atomic E-state index is 0.332. The average molecular weight is 431 g/mol. The quantitative estimate of drug-likeness (QED) is 0.713. The van der Waals surface area contributed by atoms with E-state index in [2.05, 4.69) is 86.1 Å². The van der Waals surface area contributed by atoms with Crippen LogP contribution in [0, 0.1) is 3.57 Å². The van der Waals surface area contributed by atoms with Crippen LogP contribution >= 0.6 is 38.5 Å². The number of pyridine rings is 1. The third-order valence-electron chi connectivity index (χ3n) is 2.92. The molecule has 0 spiro atoms. The Morgan fingerprint density at radius 3 is 2.63 bits per heavy atom. The van der Waals surface area contributed by atoms with Crippen LogP contribution in [0.15, 0.2) is 47.2 Å². The number of hydrogen-bond acceptors (Lipinski definition) is 2. The van der Waals surface area contributed by atoms with Gasteiger partial charge in [-0.15, -0.1) is 0 Å². The summed E-state index contributed by atoms with van der Waals surface area (Å²) in [6.07, 6.45) is 4.69. The highest BCUT2D eigenvalue weighted by Crippen LogP contribution is 2.21. The van der Waals surface area contributed by atoms with Crippen LogP contribution in [-0.2, 0) is 6.42 Å². The zero-order chi connectivity index (χ0) is 13.7. The number of hydrogen-bond donors (Lipinski definition) is 1. The van der Waals surface area contributed by atoms with E-state index in [1.54, 1.807) is 0 Å². The van der Waals surface area contributed by atoms with E-state index < -0.39 is 0 Å². The Kier molecular flexibility index (Phi) is 5.78. The van der Waals surface area contributed by atoms with E-state index in [1.165, 1.54) is 14.7 Å². The molecule has 0 aliphatic heterocycles. The molecule has 1 heterocycles. The Morgan fingerprint density at radius 1 is 1.26 bits per heavy atom. The number of likely N-dealkylation sites (N-methyl/N-ethyl adjacent to an activating group) is 1. The van der Waals surface area contributed by atoms with E-state index in [9.17, 15) is 0 Å². The number of nitrogens with zero attached hydrogens (tertiary/aromatic N) is 1. The van der Waals surface area contributed by atoms with Crippen LogP contribution in [0.25, 0.3) is 0 Å². The molecular formula is C15H16BrIN2. The molecule has 0 aliphatic carbocycles. The molecule has 2 nitrogen and oxygen atoms in total. The van der Waals surface area contributed by atoms with Gasteiger partial charge in [-0.25, -0.2) is 0 Å². The van der Waals surface area contributed by atoms with E-state index in [1.807, 2.05) is 12.4 Å². The first-order valence-electron chi connectivity index (χ1n) is 6.27. The van der Waals surface area contributed by atoms with Crippen molar-refractivity contribution in [1.29, 1.82) is 0 Å². The molecule has 0 aliphatic rings. The third kappa shape index (κ3) is 4.54. The number of benzene rings is 1. The average Bonchev–Trinajstić information content (AvgIpc) is 2.39. The SMILES string of the molecule is CCNC(Cc1cncc(Br)c1)c1ccc(I)cc1. The fourth-order valence-electron chi connectivity index (χ4n) is 2.05. The molecule has 0 radical (unpaired) electrons. The Bertz CT molecular complexity index is 528. The molecule has 0 fully saturated rings. The van der Waals surface area contributed by atoms with Crippen molar-refractivity contribution in [3.8, 4) is 0 Å².